The summed E-state index contributed by atoms with van der Waals surface area (Å²) in [5.41, 5.74) is 0.127. The van der Waals surface area contributed by atoms with E-state index in [4.69, 9.17) is 16.7 Å². The fourth-order valence-corrected chi connectivity index (χ4v) is 2.66. The van der Waals surface area contributed by atoms with Gasteiger partial charge in [-0.25, -0.2) is 9.78 Å². The smallest absolute Gasteiger partial charge is 0.337 e. The molecule has 0 aromatic carbocycles. The SMILES string of the molecule is CCC1CCCCN1c1cc(C(=O)O)c(Cl)cn1. The number of aromatic carboxylic acids is 1. The van der Waals surface area contributed by atoms with Crippen LogP contribution in [0.25, 0.3) is 0 Å². The second-order valence-electron chi connectivity index (χ2n) is 4.58. The number of hydrogen-bond donors (Lipinski definition) is 1. The lowest BCUT2D eigenvalue weighted by molar-refractivity contribution is 0.0697. The van der Waals surface area contributed by atoms with Crippen molar-refractivity contribution in [2.45, 2.75) is 38.6 Å². The Morgan fingerprint density at radius 2 is 2.39 bits per heavy atom. The molecule has 1 N–H and O–H groups in total. The van der Waals surface area contributed by atoms with Gasteiger partial charge in [0.2, 0.25) is 0 Å². The van der Waals surface area contributed by atoms with Crippen LogP contribution in [0.4, 0.5) is 5.82 Å². The number of nitrogens with zero attached hydrogens (tertiary/aromatic N) is 2. The highest BCUT2D eigenvalue weighted by molar-refractivity contribution is 6.33. The number of aromatic nitrogens is 1. The van der Waals surface area contributed by atoms with E-state index in [1.54, 1.807) is 6.07 Å². The van der Waals surface area contributed by atoms with Crippen molar-refractivity contribution in [3.63, 3.8) is 0 Å². The van der Waals surface area contributed by atoms with E-state index >= 15 is 0 Å². The lowest BCUT2D eigenvalue weighted by Gasteiger charge is -2.36. The number of hydrogen-bond acceptors (Lipinski definition) is 3. The van der Waals surface area contributed by atoms with Crippen LogP contribution in [0.15, 0.2) is 12.3 Å². The van der Waals surface area contributed by atoms with Gasteiger partial charge in [0.25, 0.3) is 0 Å². The van der Waals surface area contributed by atoms with Gasteiger partial charge in [-0.05, 0) is 31.7 Å². The number of piperidine rings is 1. The summed E-state index contributed by atoms with van der Waals surface area (Å²) in [4.78, 5) is 17.6. The minimum absolute atomic E-state index is 0.127. The van der Waals surface area contributed by atoms with Crippen molar-refractivity contribution >= 4 is 23.4 Å². The van der Waals surface area contributed by atoms with Gasteiger partial charge in [-0.15, -0.1) is 0 Å². The molecule has 5 heteroatoms. The molecule has 0 radical (unpaired) electrons. The van der Waals surface area contributed by atoms with Crippen molar-refractivity contribution in [3.05, 3.63) is 22.8 Å². The van der Waals surface area contributed by atoms with Gasteiger partial charge in [0.15, 0.2) is 0 Å². The Morgan fingerprint density at radius 3 is 3.06 bits per heavy atom. The molecule has 0 amide bonds. The standard InChI is InChI=1S/C13H17ClN2O2/c1-2-9-5-3-4-6-16(9)12-7-10(13(17)18)11(14)8-15-12/h7-9H,2-6H2,1H3,(H,17,18). The topological polar surface area (TPSA) is 53.4 Å². The average Bonchev–Trinajstić information content (AvgIpc) is 2.39. The second kappa shape index (κ2) is 5.57. The summed E-state index contributed by atoms with van der Waals surface area (Å²) in [6.07, 6.45) is 5.98. The van der Waals surface area contributed by atoms with Gasteiger partial charge in [0.1, 0.15) is 5.82 Å². The maximum atomic E-state index is 11.1. The van der Waals surface area contributed by atoms with Gasteiger partial charge in [-0.1, -0.05) is 18.5 Å². The van der Waals surface area contributed by atoms with Crippen molar-refractivity contribution in [1.82, 2.24) is 4.98 Å². The lowest BCUT2D eigenvalue weighted by Crippen LogP contribution is -2.39. The molecular formula is C13H17ClN2O2. The van der Waals surface area contributed by atoms with Crippen LogP contribution in [0.5, 0.6) is 0 Å². The maximum absolute atomic E-state index is 11.1. The predicted octanol–water partition coefficient (Wildman–Crippen LogP) is 3.20. The van der Waals surface area contributed by atoms with Crippen LogP contribution < -0.4 is 4.90 Å². The zero-order chi connectivity index (χ0) is 13.1. The van der Waals surface area contributed by atoms with Crippen LogP contribution >= 0.6 is 11.6 Å². The molecule has 0 bridgehead atoms. The molecule has 1 aromatic heterocycles. The zero-order valence-electron chi connectivity index (χ0n) is 10.4. The number of rotatable bonds is 3. The number of pyridine rings is 1. The van der Waals surface area contributed by atoms with E-state index < -0.39 is 5.97 Å². The van der Waals surface area contributed by atoms with Gasteiger partial charge in [0.05, 0.1) is 10.6 Å². The maximum Gasteiger partial charge on any atom is 0.337 e. The molecule has 2 rings (SSSR count). The van der Waals surface area contributed by atoms with Gasteiger partial charge in [-0.3, -0.25) is 0 Å². The van der Waals surface area contributed by atoms with Crippen LogP contribution in [-0.2, 0) is 0 Å². The number of halogens is 1. The molecule has 18 heavy (non-hydrogen) atoms. The Labute approximate surface area is 112 Å². The Morgan fingerprint density at radius 1 is 1.61 bits per heavy atom. The van der Waals surface area contributed by atoms with Gasteiger partial charge >= 0.3 is 5.97 Å². The average molecular weight is 269 g/mol. The third-order valence-corrected chi connectivity index (χ3v) is 3.77. The molecule has 1 aromatic rings. The normalized spacial score (nSPS) is 19.9. The lowest BCUT2D eigenvalue weighted by atomic mass is 10.00. The van der Waals surface area contributed by atoms with E-state index in [1.165, 1.54) is 12.6 Å². The van der Waals surface area contributed by atoms with Crippen LogP contribution in [0.2, 0.25) is 5.02 Å². The minimum Gasteiger partial charge on any atom is -0.478 e. The fraction of sp³-hybridized carbons (Fsp3) is 0.538. The highest BCUT2D eigenvalue weighted by atomic mass is 35.5. The first-order chi connectivity index (χ1) is 8.63. The molecule has 1 atom stereocenters. The molecule has 2 heterocycles. The van der Waals surface area contributed by atoms with Crippen LogP contribution in [0, 0.1) is 0 Å². The summed E-state index contributed by atoms with van der Waals surface area (Å²) in [6.45, 7) is 3.09. The predicted molar refractivity (Wildman–Crippen MR) is 71.5 cm³/mol. The van der Waals surface area contributed by atoms with Crippen LogP contribution in [0.3, 0.4) is 0 Å². The fourth-order valence-electron chi connectivity index (χ4n) is 2.48. The third-order valence-electron chi connectivity index (χ3n) is 3.46. The van der Waals surface area contributed by atoms with Gasteiger partial charge in [0, 0.05) is 18.8 Å². The Hall–Kier alpha value is -1.29. The second-order valence-corrected chi connectivity index (χ2v) is 4.99. The number of anilines is 1. The van der Waals surface area contributed by atoms with E-state index in [-0.39, 0.29) is 10.6 Å². The summed E-state index contributed by atoms with van der Waals surface area (Å²) in [5, 5.41) is 9.27. The first kappa shape index (κ1) is 13.1. The van der Waals surface area contributed by atoms with E-state index in [9.17, 15) is 4.79 Å². The molecular weight excluding hydrogens is 252 g/mol. The number of carbonyl (C=O) groups is 1. The van der Waals surface area contributed by atoms with Crippen LogP contribution in [-0.4, -0.2) is 28.6 Å². The summed E-state index contributed by atoms with van der Waals surface area (Å²) < 4.78 is 0. The van der Waals surface area contributed by atoms with Crippen molar-refractivity contribution in [1.29, 1.82) is 0 Å². The third kappa shape index (κ3) is 2.58. The molecule has 0 aliphatic carbocycles. The first-order valence-corrected chi connectivity index (χ1v) is 6.66. The first-order valence-electron chi connectivity index (χ1n) is 6.29. The van der Waals surface area contributed by atoms with E-state index in [2.05, 4.69) is 16.8 Å². The highest BCUT2D eigenvalue weighted by Gasteiger charge is 2.23. The molecule has 1 fully saturated rings. The Balaban J connectivity index is 2.32. The summed E-state index contributed by atoms with van der Waals surface area (Å²) >= 11 is 5.84. The number of carboxylic acids is 1. The summed E-state index contributed by atoms with van der Waals surface area (Å²) in [7, 11) is 0. The summed E-state index contributed by atoms with van der Waals surface area (Å²) in [6, 6.07) is 2.03. The largest absolute Gasteiger partial charge is 0.478 e. The molecule has 1 aliphatic heterocycles. The molecule has 1 unspecified atom stereocenters. The van der Waals surface area contributed by atoms with Crippen molar-refractivity contribution in [2.24, 2.45) is 0 Å². The van der Waals surface area contributed by atoms with E-state index in [0.29, 0.717) is 6.04 Å². The van der Waals surface area contributed by atoms with Gasteiger partial charge in [-0.2, -0.15) is 0 Å². The molecule has 98 valence electrons. The Bertz CT molecular complexity index is 451. The minimum atomic E-state index is -1.01. The van der Waals surface area contributed by atoms with Crippen LogP contribution in [0.1, 0.15) is 43.0 Å². The zero-order valence-corrected chi connectivity index (χ0v) is 11.2. The number of carboxylic acid groups (broad SMARTS) is 1. The Kier molecular flexibility index (Phi) is 4.07. The van der Waals surface area contributed by atoms with E-state index in [1.807, 2.05) is 0 Å². The van der Waals surface area contributed by atoms with Crippen molar-refractivity contribution < 1.29 is 9.90 Å². The molecule has 0 saturated carbocycles. The molecule has 1 saturated heterocycles. The molecule has 0 spiro atoms. The monoisotopic (exact) mass is 268 g/mol. The summed E-state index contributed by atoms with van der Waals surface area (Å²) in [5.74, 6) is -0.281. The quantitative estimate of drug-likeness (QED) is 0.915. The van der Waals surface area contributed by atoms with E-state index in [0.717, 1.165) is 31.6 Å². The van der Waals surface area contributed by atoms with Crippen molar-refractivity contribution in [2.75, 3.05) is 11.4 Å². The molecule has 1 aliphatic rings. The van der Waals surface area contributed by atoms with Gasteiger partial charge < -0.3 is 10.0 Å². The molecule has 4 nitrogen and oxygen atoms in total. The van der Waals surface area contributed by atoms with Crippen molar-refractivity contribution in [3.8, 4) is 0 Å². The highest BCUT2D eigenvalue weighted by Crippen LogP contribution is 2.27.